The normalized spacial score (nSPS) is 21.8. The van der Waals surface area contributed by atoms with Crippen molar-refractivity contribution in [3.05, 3.63) is 29.8 Å². The predicted molar refractivity (Wildman–Crippen MR) is 91.4 cm³/mol. The number of nitrogens with one attached hydrogen (secondary N) is 1. The Hall–Kier alpha value is -1.26. The number of carbonyl (C=O) groups excluding carboxylic acids is 1. The molecule has 0 spiro atoms. The lowest BCUT2D eigenvalue weighted by Gasteiger charge is -2.20. The molecule has 1 amide bonds. The van der Waals surface area contributed by atoms with Crippen LogP contribution in [-0.4, -0.2) is 18.6 Å². The Balaban J connectivity index is 0.00000242. The molecule has 1 aromatic rings. The van der Waals surface area contributed by atoms with Crippen molar-refractivity contribution < 1.29 is 9.53 Å². The Bertz CT molecular complexity index is 481. The molecule has 1 aliphatic carbocycles. The number of amides is 1. The lowest BCUT2D eigenvalue weighted by atomic mass is 9.99. The molecular formula is C17H27ClN2O2. The molecule has 3 N–H and O–H groups in total. The highest BCUT2D eigenvalue weighted by atomic mass is 35.5. The molecule has 2 rings (SSSR count). The van der Waals surface area contributed by atoms with Gasteiger partial charge in [0.15, 0.2) is 0 Å². The van der Waals surface area contributed by atoms with Gasteiger partial charge in [-0.2, -0.15) is 0 Å². The number of benzene rings is 1. The molecule has 0 aliphatic heterocycles. The smallest absolute Gasteiger partial charge is 0.220 e. The van der Waals surface area contributed by atoms with Crippen molar-refractivity contribution in [1.29, 1.82) is 0 Å². The van der Waals surface area contributed by atoms with E-state index in [1.807, 2.05) is 38.1 Å². The summed E-state index contributed by atoms with van der Waals surface area (Å²) in [5.41, 5.74) is 7.05. The van der Waals surface area contributed by atoms with Crippen LogP contribution < -0.4 is 15.8 Å². The van der Waals surface area contributed by atoms with Gasteiger partial charge in [-0.05, 0) is 38.7 Å². The highest BCUT2D eigenvalue weighted by Crippen LogP contribution is 2.28. The second-order valence-corrected chi connectivity index (χ2v) is 5.82. The first-order chi connectivity index (χ1) is 10.1. The largest absolute Gasteiger partial charge is 0.494 e. The number of rotatable bonds is 6. The zero-order valence-electron chi connectivity index (χ0n) is 13.4. The standard InChI is InChI=1S/C17H26N2O2.ClH/c1-3-21-16-10-5-4-8-14(16)12(2)19-17(20)11-13-7-6-9-15(13)18;/h4-5,8,10,12-13,15H,3,6-7,9,11,18H2,1-2H3,(H,19,20);1H/t12?,13-,15+;/m0./s1. The molecular weight excluding hydrogens is 300 g/mol. The molecule has 5 heteroatoms. The number of hydrogen-bond acceptors (Lipinski definition) is 3. The van der Waals surface area contributed by atoms with E-state index in [2.05, 4.69) is 5.32 Å². The third-order valence-corrected chi connectivity index (χ3v) is 4.23. The van der Waals surface area contributed by atoms with Crippen LogP contribution in [0, 0.1) is 5.92 Å². The molecule has 0 saturated heterocycles. The lowest BCUT2D eigenvalue weighted by molar-refractivity contribution is -0.122. The van der Waals surface area contributed by atoms with Gasteiger partial charge in [0.25, 0.3) is 0 Å². The fourth-order valence-electron chi connectivity index (χ4n) is 3.06. The third-order valence-electron chi connectivity index (χ3n) is 4.23. The van der Waals surface area contributed by atoms with Crippen LogP contribution >= 0.6 is 12.4 Å². The summed E-state index contributed by atoms with van der Waals surface area (Å²) >= 11 is 0. The lowest BCUT2D eigenvalue weighted by Crippen LogP contribution is -2.33. The van der Waals surface area contributed by atoms with Gasteiger partial charge in [-0.25, -0.2) is 0 Å². The monoisotopic (exact) mass is 326 g/mol. The predicted octanol–water partition coefficient (Wildman–Crippen LogP) is 3.20. The SMILES string of the molecule is CCOc1ccccc1C(C)NC(=O)C[C@@H]1CCC[C@H]1N.Cl. The maximum atomic E-state index is 12.2. The van der Waals surface area contributed by atoms with Crippen molar-refractivity contribution in [1.82, 2.24) is 5.32 Å². The van der Waals surface area contributed by atoms with Gasteiger partial charge in [-0.1, -0.05) is 24.6 Å². The Labute approximate surface area is 139 Å². The summed E-state index contributed by atoms with van der Waals surface area (Å²) in [7, 11) is 0. The van der Waals surface area contributed by atoms with Crippen LogP contribution in [0.1, 0.15) is 51.1 Å². The summed E-state index contributed by atoms with van der Waals surface area (Å²) in [6, 6.07) is 7.97. The van der Waals surface area contributed by atoms with Gasteiger partial charge in [-0.15, -0.1) is 12.4 Å². The topological polar surface area (TPSA) is 64.3 Å². The fourth-order valence-corrected chi connectivity index (χ4v) is 3.06. The second kappa shape index (κ2) is 9.01. The first kappa shape index (κ1) is 18.8. The Morgan fingerprint density at radius 2 is 2.14 bits per heavy atom. The number of carbonyl (C=O) groups is 1. The van der Waals surface area contributed by atoms with E-state index in [0.29, 0.717) is 18.9 Å². The van der Waals surface area contributed by atoms with Gasteiger partial charge >= 0.3 is 0 Å². The van der Waals surface area contributed by atoms with Crippen LogP contribution in [0.4, 0.5) is 0 Å². The van der Waals surface area contributed by atoms with Crippen molar-refractivity contribution >= 4 is 18.3 Å². The van der Waals surface area contributed by atoms with Crippen molar-refractivity contribution in [2.24, 2.45) is 11.7 Å². The number of para-hydroxylation sites is 1. The number of halogens is 1. The molecule has 1 aliphatic rings. The third kappa shape index (κ3) is 4.89. The van der Waals surface area contributed by atoms with E-state index < -0.39 is 0 Å². The second-order valence-electron chi connectivity index (χ2n) is 5.82. The van der Waals surface area contributed by atoms with Crippen molar-refractivity contribution in [2.45, 2.75) is 51.6 Å². The van der Waals surface area contributed by atoms with E-state index in [9.17, 15) is 4.79 Å². The zero-order chi connectivity index (χ0) is 15.2. The molecule has 124 valence electrons. The van der Waals surface area contributed by atoms with Gasteiger partial charge in [-0.3, -0.25) is 4.79 Å². The highest BCUT2D eigenvalue weighted by Gasteiger charge is 2.26. The van der Waals surface area contributed by atoms with E-state index in [1.165, 1.54) is 0 Å². The average Bonchev–Trinajstić information content (AvgIpc) is 2.85. The molecule has 0 bridgehead atoms. The summed E-state index contributed by atoms with van der Waals surface area (Å²) < 4.78 is 5.62. The average molecular weight is 327 g/mol. The van der Waals surface area contributed by atoms with Crippen molar-refractivity contribution in [2.75, 3.05) is 6.61 Å². The number of hydrogen-bond donors (Lipinski definition) is 2. The van der Waals surface area contributed by atoms with E-state index in [0.717, 1.165) is 30.6 Å². The van der Waals surface area contributed by atoms with E-state index in [4.69, 9.17) is 10.5 Å². The minimum absolute atomic E-state index is 0. The van der Waals surface area contributed by atoms with E-state index in [-0.39, 0.29) is 30.4 Å². The first-order valence-corrected chi connectivity index (χ1v) is 7.88. The minimum atomic E-state index is -0.0575. The summed E-state index contributed by atoms with van der Waals surface area (Å²) in [5, 5.41) is 3.07. The van der Waals surface area contributed by atoms with E-state index >= 15 is 0 Å². The molecule has 0 radical (unpaired) electrons. The van der Waals surface area contributed by atoms with Crippen molar-refractivity contribution in [3.8, 4) is 5.75 Å². The molecule has 22 heavy (non-hydrogen) atoms. The van der Waals surface area contributed by atoms with Gasteiger partial charge < -0.3 is 15.8 Å². The molecule has 1 unspecified atom stereocenters. The fraction of sp³-hybridized carbons (Fsp3) is 0.588. The number of nitrogens with two attached hydrogens (primary N) is 1. The Morgan fingerprint density at radius 3 is 2.77 bits per heavy atom. The first-order valence-electron chi connectivity index (χ1n) is 7.88. The van der Waals surface area contributed by atoms with Gasteiger partial charge in [0.05, 0.1) is 12.6 Å². The minimum Gasteiger partial charge on any atom is -0.494 e. The summed E-state index contributed by atoms with van der Waals surface area (Å²) in [6.45, 7) is 4.57. The maximum absolute atomic E-state index is 12.2. The van der Waals surface area contributed by atoms with Crippen LogP contribution in [-0.2, 0) is 4.79 Å². The van der Waals surface area contributed by atoms with Crippen LogP contribution in [0.2, 0.25) is 0 Å². The molecule has 3 atom stereocenters. The maximum Gasteiger partial charge on any atom is 0.220 e. The van der Waals surface area contributed by atoms with Crippen LogP contribution in [0.15, 0.2) is 24.3 Å². The van der Waals surface area contributed by atoms with Crippen LogP contribution in [0.5, 0.6) is 5.75 Å². The Morgan fingerprint density at radius 1 is 1.41 bits per heavy atom. The van der Waals surface area contributed by atoms with Crippen molar-refractivity contribution in [3.63, 3.8) is 0 Å². The molecule has 0 heterocycles. The van der Waals surface area contributed by atoms with Gasteiger partial charge in [0.1, 0.15) is 5.75 Å². The van der Waals surface area contributed by atoms with Gasteiger partial charge in [0, 0.05) is 18.0 Å². The zero-order valence-corrected chi connectivity index (χ0v) is 14.2. The summed E-state index contributed by atoms with van der Waals surface area (Å²) in [5.74, 6) is 1.25. The quantitative estimate of drug-likeness (QED) is 0.843. The van der Waals surface area contributed by atoms with Crippen LogP contribution in [0.3, 0.4) is 0 Å². The highest BCUT2D eigenvalue weighted by molar-refractivity contribution is 5.85. The van der Waals surface area contributed by atoms with E-state index in [1.54, 1.807) is 0 Å². The molecule has 1 saturated carbocycles. The van der Waals surface area contributed by atoms with Gasteiger partial charge in [0.2, 0.25) is 5.91 Å². The number of ether oxygens (including phenoxy) is 1. The Kier molecular flexibility index (Phi) is 7.69. The molecule has 0 aromatic heterocycles. The molecule has 1 fully saturated rings. The summed E-state index contributed by atoms with van der Waals surface area (Å²) in [6.07, 6.45) is 3.78. The molecule has 1 aromatic carbocycles. The molecule has 4 nitrogen and oxygen atoms in total. The summed E-state index contributed by atoms with van der Waals surface area (Å²) in [4.78, 5) is 12.2. The van der Waals surface area contributed by atoms with Crippen LogP contribution in [0.25, 0.3) is 0 Å².